The van der Waals surface area contributed by atoms with Crippen LogP contribution in [0.3, 0.4) is 0 Å². The van der Waals surface area contributed by atoms with E-state index in [0.717, 1.165) is 26.4 Å². The quantitative estimate of drug-likeness (QED) is 0.165. The number of anilines is 1. The molecule has 0 aromatic heterocycles. The van der Waals surface area contributed by atoms with Crippen molar-refractivity contribution in [3.63, 3.8) is 0 Å². The number of carbonyl (C=O) groups excluding carboxylic acids is 3. The van der Waals surface area contributed by atoms with Gasteiger partial charge in [0.1, 0.15) is 5.75 Å². The highest BCUT2D eigenvalue weighted by atomic mass is 79.9. The Morgan fingerprint density at radius 3 is 2.38 bits per heavy atom. The van der Waals surface area contributed by atoms with Crippen LogP contribution < -0.4 is 19.1 Å². The average Bonchev–Trinajstić information content (AvgIpc) is 3.54. The molecule has 3 aliphatic heterocycles. The molecule has 4 aromatic carbocycles. The number of ether oxygens (including phenoxy) is 3. The normalized spacial score (nSPS) is 24.4. The van der Waals surface area contributed by atoms with Gasteiger partial charge in [-0.3, -0.25) is 14.4 Å². The number of benzene rings is 4. The second kappa shape index (κ2) is 8.53. The molecule has 40 heavy (non-hydrogen) atoms. The van der Waals surface area contributed by atoms with E-state index in [1.807, 2.05) is 54.6 Å². The Labute approximate surface area is 237 Å². The molecule has 4 aliphatic rings. The van der Waals surface area contributed by atoms with Gasteiger partial charge in [-0.15, -0.1) is 0 Å². The van der Waals surface area contributed by atoms with Crippen molar-refractivity contribution in [3.8, 4) is 17.2 Å². The van der Waals surface area contributed by atoms with Crippen LogP contribution in [0.1, 0.15) is 17.0 Å². The number of allylic oxidation sites excluding steroid dienone is 1. The molecule has 0 saturated carbocycles. The second-order valence-electron chi connectivity index (χ2n) is 10.4. The van der Waals surface area contributed by atoms with Gasteiger partial charge in [0, 0.05) is 16.0 Å². The fourth-order valence-electron chi connectivity index (χ4n) is 6.62. The van der Waals surface area contributed by atoms with Crippen LogP contribution >= 0.6 is 15.9 Å². The fraction of sp³-hybridized carbons (Fsp3) is 0.156. The highest BCUT2D eigenvalue weighted by Crippen LogP contribution is 2.56. The zero-order valence-electron chi connectivity index (χ0n) is 20.9. The van der Waals surface area contributed by atoms with E-state index >= 15 is 0 Å². The number of rotatable bonds is 2. The Morgan fingerprint density at radius 1 is 0.775 bits per heavy atom. The van der Waals surface area contributed by atoms with E-state index in [1.54, 1.807) is 30.3 Å². The van der Waals surface area contributed by atoms with E-state index in [9.17, 15) is 14.4 Å². The lowest BCUT2D eigenvalue weighted by molar-refractivity contribution is -0.142. The third-order valence-electron chi connectivity index (χ3n) is 8.35. The van der Waals surface area contributed by atoms with Gasteiger partial charge in [-0.05, 0) is 64.4 Å². The van der Waals surface area contributed by atoms with Gasteiger partial charge >= 0.3 is 5.97 Å². The minimum absolute atomic E-state index is 0.124. The molecule has 0 unspecified atom stereocenters. The summed E-state index contributed by atoms with van der Waals surface area (Å²) in [6.07, 6.45) is 1.99. The summed E-state index contributed by atoms with van der Waals surface area (Å²) in [6.45, 7) is 0.124. The molecule has 1 fully saturated rings. The standard InChI is InChI=1S/C32H20BrNO6/c33-18-7-9-19(10-8-18)34-30(35)27-21(17-6-11-23-25(13-17)39-15-38-23)14-22-26-20-4-2-1-3-16(20)5-12-24(26)40-32(37)28(22)29(27)31(34)36/h1-14,21,27-29H,15H2/t21-,27+,28+,29+/m1/s1. The number of esters is 1. The maximum absolute atomic E-state index is 14.2. The van der Waals surface area contributed by atoms with E-state index < -0.39 is 35.5 Å². The lowest BCUT2D eigenvalue weighted by Gasteiger charge is -2.38. The number of nitrogens with zero attached hydrogens (tertiary/aromatic N) is 1. The van der Waals surface area contributed by atoms with Gasteiger partial charge in [0.15, 0.2) is 11.5 Å². The first-order valence-corrected chi connectivity index (χ1v) is 13.8. The molecule has 0 spiro atoms. The SMILES string of the molecule is O=C1Oc2ccc3ccccc3c2C2=C[C@H](c3ccc4c(c3)OCO4)[C@@H]3C(=O)N(c4ccc(Br)cc4)C(=O)[C@@H]3[C@@H]12. The van der Waals surface area contributed by atoms with Crippen molar-refractivity contribution in [1.82, 2.24) is 0 Å². The Hall–Kier alpha value is -4.43. The monoisotopic (exact) mass is 593 g/mol. The minimum atomic E-state index is -0.925. The number of carbonyl (C=O) groups is 3. The lowest BCUT2D eigenvalue weighted by Crippen LogP contribution is -2.42. The molecule has 7 nitrogen and oxygen atoms in total. The molecule has 8 heteroatoms. The lowest BCUT2D eigenvalue weighted by atomic mass is 9.64. The van der Waals surface area contributed by atoms with Gasteiger partial charge in [-0.2, -0.15) is 0 Å². The van der Waals surface area contributed by atoms with E-state index in [4.69, 9.17) is 14.2 Å². The van der Waals surface area contributed by atoms with E-state index in [1.165, 1.54) is 4.90 Å². The molecule has 3 heterocycles. The zero-order chi connectivity index (χ0) is 27.1. The predicted octanol–water partition coefficient (Wildman–Crippen LogP) is 5.85. The van der Waals surface area contributed by atoms with Crippen molar-refractivity contribution in [2.45, 2.75) is 5.92 Å². The number of halogens is 1. The van der Waals surface area contributed by atoms with Crippen LogP contribution in [0.25, 0.3) is 16.3 Å². The molecule has 4 aromatic rings. The first kappa shape index (κ1) is 23.5. The summed E-state index contributed by atoms with van der Waals surface area (Å²) in [7, 11) is 0. The van der Waals surface area contributed by atoms with Crippen LogP contribution in [-0.2, 0) is 14.4 Å². The number of amides is 2. The molecule has 2 amide bonds. The van der Waals surface area contributed by atoms with Crippen molar-refractivity contribution < 1.29 is 28.6 Å². The first-order valence-electron chi connectivity index (χ1n) is 13.0. The van der Waals surface area contributed by atoms with Crippen molar-refractivity contribution in [1.29, 1.82) is 0 Å². The number of hydrogen-bond donors (Lipinski definition) is 0. The molecule has 0 radical (unpaired) electrons. The van der Waals surface area contributed by atoms with Crippen molar-refractivity contribution >= 4 is 55.7 Å². The third-order valence-corrected chi connectivity index (χ3v) is 8.88. The molecule has 0 N–H and O–H groups in total. The average molecular weight is 594 g/mol. The minimum Gasteiger partial charge on any atom is -0.454 e. The van der Waals surface area contributed by atoms with Crippen LogP contribution in [0, 0.1) is 17.8 Å². The van der Waals surface area contributed by atoms with Crippen molar-refractivity contribution in [2.75, 3.05) is 11.7 Å². The summed E-state index contributed by atoms with van der Waals surface area (Å²) in [5.74, 6) is -2.71. The smallest absolute Gasteiger partial charge is 0.319 e. The predicted molar refractivity (Wildman–Crippen MR) is 150 cm³/mol. The maximum Gasteiger partial charge on any atom is 0.319 e. The van der Waals surface area contributed by atoms with Crippen LogP contribution in [0.4, 0.5) is 5.69 Å². The van der Waals surface area contributed by atoms with Gasteiger partial charge in [0.2, 0.25) is 18.6 Å². The van der Waals surface area contributed by atoms with Gasteiger partial charge in [0.05, 0.1) is 23.4 Å². The third kappa shape index (κ3) is 3.26. The Morgan fingerprint density at radius 2 is 1.52 bits per heavy atom. The summed E-state index contributed by atoms with van der Waals surface area (Å²) >= 11 is 3.42. The maximum atomic E-state index is 14.2. The fourth-order valence-corrected chi connectivity index (χ4v) is 6.89. The summed E-state index contributed by atoms with van der Waals surface area (Å²) < 4.78 is 17.8. The Balaban J connectivity index is 1.36. The van der Waals surface area contributed by atoms with Crippen LogP contribution in [0.5, 0.6) is 17.2 Å². The Bertz CT molecular complexity index is 1810. The molecule has 0 bridgehead atoms. The molecular formula is C32H20BrNO6. The zero-order valence-corrected chi connectivity index (χ0v) is 22.5. The number of fused-ring (bicyclic) bond motifs is 8. The molecule has 8 rings (SSSR count). The molecule has 1 aliphatic carbocycles. The van der Waals surface area contributed by atoms with Gasteiger partial charge in [0.25, 0.3) is 0 Å². The van der Waals surface area contributed by atoms with E-state index in [-0.39, 0.29) is 12.7 Å². The van der Waals surface area contributed by atoms with Crippen LogP contribution in [0.2, 0.25) is 0 Å². The largest absolute Gasteiger partial charge is 0.454 e. The topological polar surface area (TPSA) is 82.1 Å². The van der Waals surface area contributed by atoms with Crippen LogP contribution in [-0.4, -0.2) is 24.6 Å². The highest BCUT2D eigenvalue weighted by molar-refractivity contribution is 9.10. The molecular weight excluding hydrogens is 574 g/mol. The first-order chi connectivity index (χ1) is 19.5. The second-order valence-corrected chi connectivity index (χ2v) is 11.3. The van der Waals surface area contributed by atoms with E-state index in [0.29, 0.717) is 28.5 Å². The number of hydrogen-bond acceptors (Lipinski definition) is 6. The van der Waals surface area contributed by atoms with Gasteiger partial charge in [-0.25, -0.2) is 4.90 Å². The summed E-state index contributed by atoms with van der Waals surface area (Å²) in [5.41, 5.74) is 2.78. The Kier molecular flexibility index (Phi) is 5.00. The van der Waals surface area contributed by atoms with Crippen molar-refractivity contribution in [3.05, 3.63) is 101 Å². The van der Waals surface area contributed by atoms with E-state index in [2.05, 4.69) is 15.9 Å². The van der Waals surface area contributed by atoms with Gasteiger partial charge in [-0.1, -0.05) is 58.4 Å². The summed E-state index contributed by atoms with van der Waals surface area (Å²) in [4.78, 5) is 43.2. The molecule has 196 valence electrons. The summed E-state index contributed by atoms with van der Waals surface area (Å²) in [6, 6.07) is 24.2. The molecule has 1 saturated heterocycles. The molecule has 4 atom stereocenters. The van der Waals surface area contributed by atoms with Gasteiger partial charge < -0.3 is 14.2 Å². The van der Waals surface area contributed by atoms with Crippen LogP contribution in [0.15, 0.2) is 89.4 Å². The highest BCUT2D eigenvalue weighted by Gasteiger charge is 2.60. The number of imide groups is 1. The van der Waals surface area contributed by atoms with Crippen molar-refractivity contribution in [2.24, 2.45) is 17.8 Å². The summed E-state index contributed by atoms with van der Waals surface area (Å²) in [5, 5.41) is 1.92.